The number of hydrogen-bond donors (Lipinski definition) is 1. The molecule has 0 heterocycles. The van der Waals surface area contributed by atoms with Crippen molar-refractivity contribution in [1.29, 1.82) is 0 Å². The Balaban J connectivity index is 3.45. The second kappa shape index (κ2) is 4.56. The minimum absolute atomic E-state index is 0.143. The van der Waals surface area contributed by atoms with Crippen LogP contribution < -0.4 is 5.32 Å². The maximum Gasteiger partial charge on any atom is 0.200 e. The summed E-state index contributed by atoms with van der Waals surface area (Å²) in [6.45, 7) is 0. The molecular weight excluding hydrogens is 352 g/mol. The topological polar surface area (TPSA) is 12.0 Å². The molecule has 0 aromatic heterocycles. The molecular formula is C7HF5INS. The van der Waals surface area contributed by atoms with Crippen LogP contribution in [0.5, 0.6) is 0 Å². The third-order valence-electron chi connectivity index (χ3n) is 1.43. The first-order valence-corrected chi connectivity index (χ1v) is 4.83. The largest absolute Gasteiger partial charge is 0.337 e. The molecule has 0 amide bonds. The molecule has 1 aromatic rings. The van der Waals surface area contributed by atoms with Crippen LogP contribution in [-0.2, 0) is 0 Å². The van der Waals surface area contributed by atoms with E-state index in [0.717, 1.165) is 0 Å². The fourth-order valence-electron chi connectivity index (χ4n) is 0.813. The van der Waals surface area contributed by atoms with Crippen LogP contribution in [0.15, 0.2) is 0 Å². The molecule has 0 saturated heterocycles. The smallest absolute Gasteiger partial charge is 0.200 e. The van der Waals surface area contributed by atoms with Crippen LogP contribution in [0.4, 0.5) is 27.6 Å². The Labute approximate surface area is 99.8 Å². The number of anilines is 1. The molecule has 82 valence electrons. The Morgan fingerprint density at radius 1 is 0.867 bits per heavy atom. The van der Waals surface area contributed by atoms with Gasteiger partial charge in [0.2, 0.25) is 5.82 Å². The Hall–Kier alpha value is -0.510. The fourth-order valence-corrected chi connectivity index (χ4v) is 1.18. The van der Waals surface area contributed by atoms with Gasteiger partial charge < -0.3 is 5.32 Å². The molecule has 0 aliphatic carbocycles. The Morgan fingerprint density at radius 3 is 1.53 bits per heavy atom. The van der Waals surface area contributed by atoms with Gasteiger partial charge in [-0.15, -0.1) is 0 Å². The van der Waals surface area contributed by atoms with Crippen LogP contribution in [0.2, 0.25) is 0 Å². The van der Waals surface area contributed by atoms with E-state index in [1.807, 2.05) is 5.32 Å². The highest BCUT2D eigenvalue weighted by atomic mass is 127. The van der Waals surface area contributed by atoms with Gasteiger partial charge in [-0.2, -0.15) is 0 Å². The standard InChI is InChI=1S/C7HF5INS/c8-1-2(9)4(11)6(14-7(13)15)5(12)3(1)10/h(H,14,15). The van der Waals surface area contributed by atoms with E-state index in [1.165, 1.54) is 22.6 Å². The molecule has 0 fully saturated rings. The van der Waals surface area contributed by atoms with Crippen molar-refractivity contribution in [2.24, 2.45) is 0 Å². The maximum atomic E-state index is 12.9. The minimum atomic E-state index is -2.20. The molecule has 8 heteroatoms. The van der Waals surface area contributed by atoms with Gasteiger partial charge in [-0.1, -0.05) is 12.2 Å². The normalized spacial score (nSPS) is 10.3. The van der Waals surface area contributed by atoms with Crippen LogP contribution >= 0.6 is 34.8 Å². The van der Waals surface area contributed by atoms with Gasteiger partial charge in [-0.25, -0.2) is 22.0 Å². The molecule has 1 nitrogen and oxygen atoms in total. The molecule has 0 radical (unpaired) electrons. The molecule has 0 bridgehead atoms. The predicted molar refractivity (Wildman–Crippen MR) is 56.5 cm³/mol. The van der Waals surface area contributed by atoms with Gasteiger partial charge in [0.25, 0.3) is 0 Å². The highest BCUT2D eigenvalue weighted by Gasteiger charge is 2.25. The average Bonchev–Trinajstić information content (AvgIpc) is 2.18. The first-order chi connectivity index (χ1) is 6.86. The lowest BCUT2D eigenvalue weighted by molar-refractivity contribution is 0.382. The van der Waals surface area contributed by atoms with Gasteiger partial charge in [-0.05, 0) is 22.6 Å². The number of hydrogen-bond acceptors (Lipinski definition) is 1. The van der Waals surface area contributed by atoms with E-state index >= 15 is 0 Å². The van der Waals surface area contributed by atoms with Gasteiger partial charge in [-0.3, -0.25) is 0 Å². The molecule has 0 saturated carbocycles. The van der Waals surface area contributed by atoms with Gasteiger partial charge >= 0.3 is 0 Å². The molecule has 0 spiro atoms. The Morgan fingerprint density at radius 2 is 1.20 bits per heavy atom. The van der Waals surface area contributed by atoms with Crippen LogP contribution in [0.25, 0.3) is 0 Å². The third-order valence-corrected chi connectivity index (χ3v) is 1.80. The van der Waals surface area contributed by atoms with Crippen molar-refractivity contribution >= 4 is 43.5 Å². The van der Waals surface area contributed by atoms with Crippen molar-refractivity contribution in [1.82, 2.24) is 0 Å². The number of nitrogens with one attached hydrogen (secondary N) is 1. The second-order valence-corrected chi connectivity index (χ2v) is 4.56. The van der Waals surface area contributed by atoms with Gasteiger partial charge in [0.05, 0.1) is 0 Å². The van der Waals surface area contributed by atoms with Crippen molar-refractivity contribution in [3.8, 4) is 0 Å². The van der Waals surface area contributed by atoms with E-state index in [0.29, 0.717) is 0 Å². The van der Waals surface area contributed by atoms with Crippen molar-refractivity contribution in [2.45, 2.75) is 0 Å². The summed E-state index contributed by atoms with van der Waals surface area (Å²) in [5.74, 6) is -10.1. The second-order valence-electron chi connectivity index (χ2n) is 2.34. The maximum absolute atomic E-state index is 12.9. The summed E-state index contributed by atoms with van der Waals surface area (Å²) >= 11 is 5.88. The zero-order valence-corrected chi connectivity index (χ0v) is 9.65. The monoisotopic (exact) mass is 353 g/mol. The highest BCUT2D eigenvalue weighted by molar-refractivity contribution is 14.1. The zero-order valence-electron chi connectivity index (χ0n) is 6.68. The number of rotatable bonds is 1. The lowest BCUT2D eigenvalue weighted by Crippen LogP contribution is -2.10. The number of benzene rings is 1. The van der Waals surface area contributed by atoms with Crippen LogP contribution in [0.1, 0.15) is 0 Å². The molecule has 15 heavy (non-hydrogen) atoms. The number of thiocarbonyl (C=S) groups is 1. The summed E-state index contributed by atoms with van der Waals surface area (Å²) in [5.41, 5.74) is -1.15. The summed E-state index contributed by atoms with van der Waals surface area (Å²) < 4.78 is 63.4. The molecule has 1 N–H and O–H groups in total. The summed E-state index contributed by atoms with van der Waals surface area (Å²) in [7, 11) is 0. The summed E-state index contributed by atoms with van der Waals surface area (Å²) in [4.78, 5) is 0. The lowest BCUT2D eigenvalue weighted by Gasteiger charge is -2.08. The van der Waals surface area contributed by atoms with E-state index in [-0.39, 0.29) is 3.00 Å². The van der Waals surface area contributed by atoms with Crippen molar-refractivity contribution in [3.63, 3.8) is 0 Å². The summed E-state index contributed by atoms with van der Waals surface area (Å²) in [5, 5.41) is 1.87. The number of halogens is 6. The molecule has 0 atom stereocenters. The highest BCUT2D eigenvalue weighted by Crippen LogP contribution is 2.27. The van der Waals surface area contributed by atoms with Crippen molar-refractivity contribution in [3.05, 3.63) is 29.1 Å². The van der Waals surface area contributed by atoms with Crippen molar-refractivity contribution < 1.29 is 22.0 Å². The Kier molecular flexibility index (Phi) is 3.82. The van der Waals surface area contributed by atoms with Crippen molar-refractivity contribution in [2.75, 3.05) is 5.32 Å². The first kappa shape index (κ1) is 12.6. The van der Waals surface area contributed by atoms with Gasteiger partial charge in [0.1, 0.15) is 8.68 Å². The van der Waals surface area contributed by atoms with E-state index in [1.54, 1.807) is 0 Å². The van der Waals surface area contributed by atoms with Crippen LogP contribution in [-0.4, -0.2) is 3.00 Å². The van der Waals surface area contributed by atoms with E-state index in [4.69, 9.17) is 0 Å². The summed E-state index contributed by atoms with van der Waals surface area (Å²) in [6, 6.07) is 0. The van der Waals surface area contributed by atoms with Gasteiger partial charge in [0.15, 0.2) is 23.3 Å². The zero-order chi connectivity index (χ0) is 11.7. The molecule has 0 unspecified atom stereocenters. The van der Waals surface area contributed by atoms with Gasteiger partial charge in [0, 0.05) is 0 Å². The SMILES string of the molecule is Fc1c(F)c(F)c(NC(=S)I)c(F)c1F. The van der Waals surface area contributed by atoms with E-state index < -0.39 is 34.8 Å². The quantitative estimate of drug-likeness (QED) is 0.158. The predicted octanol–water partition coefficient (Wildman–Crippen LogP) is 3.51. The summed E-state index contributed by atoms with van der Waals surface area (Å²) in [6.07, 6.45) is 0. The first-order valence-electron chi connectivity index (χ1n) is 3.34. The molecule has 1 rings (SSSR count). The molecule has 0 aliphatic heterocycles. The molecule has 1 aromatic carbocycles. The van der Waals surface area contributed by atoms with E-state index in [9.17, 15) is 22.0 Å². The lowest BCUT2D eigenvalue weighted by atomic mass is 10.2. The average molecular weight is 353 g/mol. The fraction of sp³-hybridized carbons (Fsp3) is 0. The third kappa shape index (κ3) is 2.36. The Bertz CT molecular complexity index is 407. The van der Waals surface area contributed by atoms with E-state index in [2.05, 4.69) is 12.2 Å². The van der Waals surface area contributed by atoms with Crippen LogP contribution in [0.3, 0.4) is 0 Å². The minimum Gasteiger partial charge on any atom is -0.337 e. The van der Waals surface area contributed by atoms with Crippen LogP contribution in [0, 0.1) is 29.1 Å². The molecule has 0 aliphatic rings.